The van der Waals surface area contributed by atoms with Crippen LogP contribution in [0, 0.1) is 0 Å². The fraction of sp³-hybridized carbons (Fsp3) is 0.100. The summed E-state index contributed by atoms with van der Waals surface area (Å²) in [6.45, 7) is 4.13. The Morgan fingerprint density at radius 3 is 2.62 bits per heavy atom. The highest BCUT2D eigenvalue weighted by Gasteiger charge is 2.25. The largest absolute Gasteiger partial charge is 0.346 e. The third-order valence-corrected chi connectivity index (χ3v) is 5.22. The minimum atomic E-state index is -3.13. The lowest BCUT2D eigenvalue weighted by molar-refractivity contribution is 0.493. The summed E-state index contributed by atoms with van der Waals surface area (Å²) in [5.41, 5.74) is 3.77. The maximum Gasteiger partial charge on any atom is 0.175 e. The molecule has 0 radical (unpaired) electrons. The zero-order valence-electron chi connectivity index (χ0n) is 13.3. The van der Waals surface area contributed by atoms with Crippen LogP contribution in [0.15, 0.2) is 84.6 Å². The van der Waals surface area contributed by atoms with Gasteiger partial charge in [-0.05, 0) is 17.2 Å². The van der Waals surface area contributed by atoms with E-state index in [4.69, 9.17) is 0 Å². The summed E-state index contributed by atoms with van der Waals surface area (Å²) in [4.78, 5) is 1.99. The van der Waals surface area contributed by atoms with Gasteiger partial charge in [0.1, 0.15) is 0 Å². The van der Waals surface area contributed by atoms with Crippen LogP contribution in [-0.2, 0) is 9.84 Å². The molecule has 0 saturated carbocycles. The molecule has 1 aromatic rings. The van der Waals surface area contributed by atoms with Gasteiger partial charge in [-0.25, -0.2) is 8.42 Å². The van der Waals surface area contributed by atoms with Gasteiger partial charge in [0.15, 0.2) is 9.84 Å². The van der Waals surface area contributed by atoms with Gasteiger partial charge in [0, 0.05) is 18.3 Å². The molecule has 122 valence electrons. The van der Waals surface area contributed by atoms with E-state index in [1.807, 2.05) is 71.8 Å². The van der Waals surface area contributed by atoms with Crippen LogP contribution in [0.25, 0.3) is 11.6 Å². The van der Waals surface area contributed by atoms with E-state index in [1.165, 1.54) is 5.41 Å². The fourth-order valence-corrected chi connectivity index (χ4v) is 3.84. The molecule has 0 aromatic heterocycles. The predicted octanol–water partition coefficient (Wildman–Crippen LogP) is 3.92. The minimum absolute atomic E-state index is 0.163. The highest BCUT2D eigenvalue weighted by molar-refractivity contribution is 7.94. The molecule has 3 nitrogen and oxygen atoms in total. The van der Waals surface area contributed by atoms with Crippen LogP contribution in [0.1, 0.15) is 11.1 Å². The quantitative estimate of drug-likeness (QED) is 0.782. The van der Waals surface area contributed by atoms with Crippen LogP contribution in [0.2, 0.25) is 0 Å². The summed E-state index contributed by atoms with van der Waals surface area (Å²) in [5.74, 6) is 0.163. The number of hydrogen-bond donors (Lipinski definition) is 0. The van der Waals surface area contributed by atoms with E-state index < -0.39 is 9.84 Å². The number of rotatable bonds is 4. The molecule has 0 fully saturated rings. The molecule has 24 heavy (non-hydrogen) atoms. The molecule has 2 heterocycles. The molecule has 0 unspecified atom stereocenters. The van der Waals surface area contributed by atoms with Gasteiger partial charge in [0.05, 0.1) is 16.9 Å². The topological polar surface area (TPSA) is 37.4 Å². The molecule has 0 spiro atoms. The summed E-state index contributed by atoms with van der Waals surface area (Å²) in [6.07, 6.45) is 15.3. The smallest absolute Gasteiger partial charge is 0.175 e. The Morgan fingerprint density at radius 2 is 1.88 bits per heavy atom. The number of fused-ring (bicyclic) bond motifs is 1. The molecule has 1 aromatic carbocycles. The average Bonchev–Trinajstić information content (AvgIpc) is 2.58. The van der Waals surface area contributed by atoms with Crippen LogP contribution in [0.5, 0.6) is 0 Å². The zero-order chi connectivity index (χ0) is 17.0. The minimum Gasteiger partial charge on any atom is -0.346 e. The molecule has 3 rings (SSSR count). The second-order valence-electron chi connectivity index (χ2n) is 5.59. The van der Waals surface area contributed by atoms with Gasteiger partial charge in [-0.3, -0.25) is 0 Å². The van der Waals surface area contributed by atoms with E-state index in [9.17, 15) is 8.42 Å². The van der Waals surface area contributed by atoms with Gasteiger partial charge in [0.25, 0.3) is 0 Å². The van der Waals surface area contributed by atoms with Crippen molar-refractivity contribution in [3.05, 3.63) is 95.7 Å². The van der Waals surface area contributed by atoms with Crippen LogP contribution in [0.3, 0.4) is 0 Å². The van der Waals surface area contributed by atoms with Gasteiger partial charge in [-0.15, -0.1) is 0 Å². The number of sulfone groups is 1. The number of benzene rings is 1. The molecular formula is C20H19NO2S. The molecule has 2 aliphatic rings. The van der Waals surface area contributed by atoms with Crippen LogP contribution in [-0.4, -0.2) is 25.6 Å². The van der Waals surface area contributed by atoms with Gasteiger partial charge in [-0.2, -0.15) is 0 Å². The van der Waals surface area contributed by atoms with Crippen molar-refractivity contribution in [2.45, 2.75) is 0 Å². The number of allylic oxidation sites excluding steroid dienone is 7. The van der Waals surface area contributed by atoms with E-state index in [1.54, 1.807) is 6.08 Å². The van der Waals surface area contributed by atoms with E-state index in [0.29, 0.717) is 6.54 Å². The first-order chi connectivity index (χ1) is 11.6. The lowest BCUT2D eigenvalue weighted by Gasteiger charge is -2.31. The SMILES string of the molecule is C=CC=CC=Cc1ccc(C2=CC=CN3CCS(=O)(=O)C=C23)cc1. The molecule has 0 amide bonds. The normalized spacial score (nSPS) is 19.2. The van der Waals surface area contributed by atoms with Gasteiger partial charge in [0.2, 0.25) is 0 Å². The highest BCUT2D eigenvalue weighted by Crippen LogP contribution is 2.32. The first-order valence-corrected chi connectivity index (χ1v) is 9.47. The first-order valence-electron chi connectivity index (χ1n) is 7.75. The van der Waals surface area contributed by atoms with Crippen molar-refractivity contribution in [3.63, 3.8) is 0 Å². The monoisotopic (exact) mass is 337 g/mol. The van der Waals surface area contributed by atoms with Crippen molar-refractivity contribution in [2.24, 2.45) is 0 Å². The van der Waals surface area contributed by atoms with Crippen LogP contribution >= 0.6 is 0 Å². The predicted molar refractivity (Wildman–Crippen MR) is 101 cm³/mol. The molecule has 0 atom stereocenters. The zero-order valence-corrected chi connectivity index (χ0v) is 14.1. The molecule has 2 aliphatic heterocycles. The van der Waals surface area contributed by atoms with Gasteiger partial charge >= 0.3 is 0 Å². The average molecular weight is 337 g/mol. The summed E-state index contributed by atoms with van der Waals surface area (Å²) >= 11 is 0. The Labute approximate surface area is 143 Å². The summed E-state index contributed by atoms with van der Waals surface area (Å²) < 4.78 is 23.9. The standard InChI is InChI=1S/C20H19NO2S/c1-2-3-4-5-7-17-9-11-18(12-10-17)19-8-6-13-21-14-15-24(22,23)16-20(19)21/h2-13,16H,1,14-15H2. The number of hydrogen-bond acceptors (Lipinski definition) is 3. The molecule has 0 aliphatic carbocycles. The fourth-order valence-electron chi connectivity index (χ4n) is 2.67. The Morgan fingerprint density at radius 1 is 1.08 bits per heavy atom. The summed E-state index contributed by atoms with van der Waals surface area (Å²) in [6, 6.07) is 8.08. The maximum atomic E-state index is 11.9. The van der Waals surface area contributed by atoms with Gasteiger partial charge < -0.3 is 4.90 Å². The van der Waals surface area contributed by atoms with Crippen LogP contribution < -0.4 is 0 Å². The lowest BCUT2D eigenvalue weighted by atomic mass is 9.99. The first kappa shape index (κ1) is 16.3. The Balaban J connectivity index is 1.88. The lowest BCUT2D eigenvalue weighted by Crippen LogP contribution is -2.30. The second-order valence-corrected chi connectivity index (χ2v) is 7.56. The van der Waals surface area contributed by atoms with Crippen molar-refractivity contribution in [1.82, 2.24) is 4.90 Å². The maximum absolute atomic E-state index is 11.9. The number of nitrogens with zero attached hydrogens (tertiary/aromatic N) is 1. The van der Waals surface area contributed by atoms with E-state index in [0.717, 1.165) is 22.4 Å². The van der Waals surface area contributed by atoms with Crippen molar-refractivity contribution in [1.29, 1.82) is 0 Å². The van der Waals surface area contributed by atoms with Crippen molar-refractivity contribution >= 4 is 21.5 Å². The highest BCUT2D eigenvalue weighted by atomic mass is 32.2. The molecule has 0 saturated heterocycles. The Kier molecular flexibility index (Phi) is 4.67. The van der Waals surface area contributed by atoms with Gasteiger partial charge in [-0.1, -0.05) is 67.3 Å². The summed E-state index contributed by atoms with van der Waals surface area (Å²) in [7, 11) is -3.13. The van der Waals surface area contributed by atoms with Crippen LogP contribution in [0.4, 0.5) is 0 Å². The van der Waals surface area contributed by atoms with E-state index in [2.05, 4.69) is 6.58 Å². The molecule has 0 N–H and O–H groups in total. The Bertz CT molecular complexity index is 882. The molecule has 0 bridgehead atoms. The third kappa shape index (κ3) is 3.66. The Hall–Kier alpha value is -2.59. The van der Waals surface area contributed by atoms with Crippen molar-refractivity contribution in [3.8, 4) is 0 Å². The van der Waals surface area contributed by atoms with Crippen molar-refractivity contribution in [2.75, 3.05) is 12.3 Å². The van der Waals surface area contributed by atoms with E-state index in [-0.39, 0.29) is 5.75 Å². The summed E-state index contributed by atoms with van der Waals surface area (Å²) in [5, 5.41) is 1.39. The molecular weight excluding hydrogens is 318 g/mol. The van der Waals surface area contributed by atoms with Crippen molar-refractivity contribution < 1.29 is 8.42 Å². The van der Waals surface area contributed by atoms with E-state index >= 15 is 0 Å². The third-order valence-electron chi connectivity index (χ3n) is 3.89. The second kappa shape index (κ2) is 6.89. The molecule has 4 heteroatoms.